The summed E-state index contributed by atoms with van der Waals surface area (Å²) in [5.74, 6) is 0.924. The quantitative estimate of drug-likeness (QED) is 0.400. The third-order valence-electron chi connectivity index (χ3n) is 5.04. The van der Waals surface area contributed by atoms with Crippen LogP contribution in [0.25, 0.3) is 22.9 Å². The number of nitrogens with zero attached hydrogens (tertiary/aromatic N) is 4. The fourth-order valence-electron chi connectivity index (χ4n) is 3.60. The van der Waals surface area contributed by atoms with Crippen LogP contribution in [0.4, 0.5) is 5.00 Å². The van der Waals surface area contributed by atoms with Crippen LogP contribution >= 0.6 is 23.1 Å². The molecule has 1 aliphatic rings. The molecule has 10 heteroatoms. The van der Waals surface area contributed by atoms with Gasteiger partial charge in [-0.25, -0.2) is 4.98 Å². The molecular formula is C22H17N5O3S2. The van der Waals surface area contributed by atoms with E-state index in [1.807, 2.05) is 0 Å². The molecule has 1 aliphatic carbocycles. The van der Waals surface area contributed by atoms with E-state index in [-0.39, 0.29) is 11.7 Å². The number of aromatic nitrogens is 3. The number of nitrogens with one attached hydrogen (secondary N) is 1. The van der Waals surface area contributed by atoms with E-state index in [1.54, 1.807) is 36.8 Å². The van der Waals surface area contributed by atoms with Crippen LogP contribution in [0.1, 0.15) is 28.8 Å². The van der Waals surface area contributed by atoms with Gasteiger partial charge in [-0.3, -0.25) is 4.79 Å². The molecule has 8 nitrogen and oxygen atoms in total. The number of carbonyl (C=O) groups excluding carboxylic acids is 1. The lowest BCUT2D eigenvalue weighted by Gasteiger charge is -2.09. The van der Waals surface area contributed by atoms with Crippen molar-refractivity contribution >= 4 is 34.0 Å². The number of nitriles is 1. The number of aryl methyl sites for hydroxylation is 1. The van der Waals surface area contributed by atoms with Crippen molar-refractivity contribution < 1.29 is 13.6 Å². The molecule has 0 bridgehead atoms. The van der Waals surface area contributed by atoms with Gasteiger partial charge in [0, 0.05) is 4.88 Å². The summed E-state index contributed by atoms with van der Waals surface area (Å²) in [6.45, 7) is 0. The smallest absolute Gasteiger partial charge is 0.235 e. The van der Waals surface area contributed by atoms with Gasteiger partial charge in [-0.2, -0.15) is 5.26 Å². The number of furan rings is 2. The highest BCUT2D eigenvalue weighted by Crippen LogP contribution is 2.37. The van der Waals surface area contributed by atoms with Crippen molar-refractivity contribution in [1.29, 1.82) is 5.26 Å². The summed E-state index contributed by atoms with van der Waals surface area (Å²) in [6.07, 6.45) is 7.17. The molecule has 0 aliphatic heterocycles. The molecule has 0 saturated heterocycles. The van der Waals surface area contributed by atoms with Crippen molar-refractivity contribution in [2.24, 2.45) is 0 Å². The first-order valence-corrected chi connectivity index (χ1v) is 11.8. The SMILES string of the molecule is N#Cc1c(NC(=O)CSc2nnc(-c3ccco3)c(-c3ccco3)n2)sc2c1CCCC2. The summed E-state index contributed by atoms with van der Waals surface area (Å²) >= 11 is 2.67. The molecule has 0 saturated carbocycles. The summed E-state index contributed by atoms with van der Waals surface area (Å²) in [6, 6.07) is 9.33. The van der Waals surface area contributed by atoms with E-state index in [4.69, 9.17) is 8.83 Å². The topological polar surface area (TPSA) is 118 Å². The van der Waals surface area contributed by atoms with E-state index >= 15 is 0 Å². The van der Waals surface area contributed by atoms with Crippen LogP contribution < -0.4 is 5.32 Å². The second-order valence-corrected chi connectivity index (χ2v) is 9.16. The Morgan fingerprint density at radius 2 is 1.88 bits per heavy atom. The molecule has 0 unspecified atom stereocenters. The Labute approximate surface area is 191 Å². The van der Waals surface area contributed by atoms with E-state index in [0.717, 1.165) is 31.2 Å². The zero-order valence-corrected chi connectivity index (χ0v) is 18.5. The van der Waals surface area contributed by atoms with Crippen molar-refractivity contribution in [2.75, 3.05) is 11.1 Å². The fourth-order valence-corrected chi connectivity index (χ4v) is 5.44. The van der Waals surface area contributed by atoms with Gasteiger partial charge < -0.3 is 14.2 Å². The van der Waals surface area contributed by atoms with Crippen molar-refractivity contribution in [3.8, 4) is 29.0 Å². The zero-order valence-electron chi connectivity index (χ0n) is 16.8. The largest absolute Gasteiger partial charge is 0.463 e. The third kappa shape index (κ3) is 4.04. The standard InChI is InChI=1S/C22H17N5O3S2/c23-11-14-13-5-1-2-8-17(13)32-21(14)24-18(28)12-31-22-25-19(15-6-3-9-29-15)20(26-27-22)16-7-4-10-30-16/h3-4,6-7,9-10H,1-2,5,8,12H2,(H,24,28). The first-order valence-electron chi connectivity index (χ1n) is 10.0. The van der Waals surface area contributed by atoms with Gasteiger partial charge in [0.05, 0.1) is 23.8 Å². The van der Waals surface area contributed by atoms with Crippen LogP contribution in [0.3, 0.4) is 0 Å². The Balaban J connectivity index is 1.32. The molecule has 4 heterocycles. The maximum absolute atomic E-state index is 12.6. The lowest BCUT2D eigenvalue weighted by Crippen LogP contribution is -2.14. The van der Waals surface area contributed by atoms with Gasteiger partial charge in [-0.05, 0) is 55.5 Å². The van der Waals surface area contributed by atoms with E-state index < -0.39 is 0 Å². The van der Waals surface area contributed by atoms with Crippen LogP contribution in [-0.2, 0) is 17.6 Å². The van der Waals surface area contributed by atoms with Gasteiger partial charge in [0.15, 0.2) is 17.2 Å². The average Bonchev–Trinajstić information content (AvgIpc) is 3.58. The van der Waals surface area contributed by atoms with E-state index in [0.29, 0.717) is 38.6 Å². The highest BCUT2D eigenvalue weighted by atomic mass is 32.2. The minimum atomic E-state index is -0.219. The second kappa shape index (κ2) is 8.98. The minimum Gasteiger partial charge on any atom is -0.463 e. The molecule has 1 amide bonds. The average molecular weight is 464 g/mol. The van der Waals surface area contributed by atoms with Gasteiger partial charge in [0.1, 0.15) is 16.8 Å². The number of anilines is 1. The molecule has 0 radical (unpaired) electrons. The van der Waals surface area contributed by atoms with Gasteiger partial charge in [0.2, 0.25) is 11.1 Å². The molecule has 5 rings (SSSR count). The Kier molecular flexibility index (Phi) is 5.75. The molecular weight excluding hydrogens is 446 g/mol. The highest BCUT2D eigenvalue weighted by molar-refractivity contribution is 7.99. The lowest BCUT2D eigenvalue weighted by atomic mass is 9.96. The number of hydrogen-bond donors (Lipinski definition) is 1. The molecule has 4 aromatic rings. The molecule has 160 valence electrons. The number of rotatable bonds is 6. The van der Waals surface area contributed by atoms with E-state index in [2.05, 4.69) is 26.6 Å². The summed E-state index contributed by atoms with van der Waals surface area (Å²) in [4.78, 5) is 18.3. The summed E-state index contributed by atoms with van der Waals surface area (Å²) < 4.78 is 10.9. The monoisotopic (exact) mass is 463 g/mol. The molecule has 0 fully saturated rings. The Morgan fingerprint density at radius 1 is 1.12 bits per heavy atom. The van der Waals surface area contributed by atoms with Crippen molar-refractivity contribution in [2.45, 2.75) is 30.8 Å². The van der Waals surface area contributed by atoms with Crippen molar-refractivity contribution in [1.82, 2.24) is 15.2 Å². The van der Waals surface area contributed by atoms with E-state index in [1.165, 1.54) is 28.0 Å². The fraction of sp³-hybridized carbons (Fsp3) is 0.227. The van der Waals surface area contributed by atoms with Gasteiger partial charge in [0.25, 0.3) is 0 Å². The predicted molar refractivity (Wildman–Crippen MR) is 120 cm³/mol. The van der Waals surface area contributed by atoms with Crippen LogP contribution in [0, 0.1) is 11.3 Å². The molecule has 1 N–H and O–H groups in total. The molecule has 0 spiro atoms. The highest BCUT2D eigenvalue weighted by Gasteiger charge is 2.22. The normalized spacial score (nSPS) is 12.8. The number of carbonyl (C=O) groups is 1. The maximum Gasteiger partial charge on any atom is 0.235 e. The van der Waals surface area contributed by atoms with Gasteiger partial charge in [-0.1, -0.05) is 11.8 Å². The number of thiophene rings is 1. The van der Waals surface area contributed by atoms with Crippen LogP contribution in [0.15, 0.2) is 50.8 Å². The summed E-state index contributed by atoms with van der Waals surface area (Å²) in [7, 11) is 0. The maximum atomic E-state index is 12.6. The van der Waals surface area contributed by atoms with Crippen molar-refractivity contribution in [3.05, 3.63) is 52.8 Å². The Bertz CT molecular complexity index is 1290. The first-order chi connectivity index (χ1) is 15.7. The number of thioether (sulfide) groups is 1. The molecule has 4 aromatic heterocycles. The van der Waals surface area contributed by atoms with Crippen molar-refractivity contribution in [3.63, 3.8) is 0 Å². The van der Waals surface area contributed by atoms with Gasteiger partial charge >= 0.3 is 0 Å². The predicted octanol–water partition coefficient (Wildman–Crippen LogP) is 4.93. The molecule has 0 aromatic carbocycles. The number of amides is 1. The lowest BCUT2D eigenvalue weighted by molar-refractivity contribution is -0.113. The van der Waals surface area contributed by atoms with Crippen LogP contribution in [0.5, 0.6) is 0 Å². The van der Waals surface area contributed by atoms with Crippen LogP contribution in [-0.4, -0.2) is 26.8 Å². The van der Waals surface area contributed by atoms with E-state index in [9.17, 15) is 10.1 Å². The van der Waals surface area contributed by atoms with Gasteiger partial charge in [-0.15, -0.1) is 21.5 Å². The molecule has 32 heavy (non-hydrogen) atoms. The Hall–Kier alpha value is -3.42. The minimum absolute atomic E-state index is 0.0901. The number of fused-ring (bicyclic) bond motifs is 1. The third-order valence-corrected chi connectivity index (χ3v) is 7.09. The first kappa shape index (κ1) is 20.5. The second-order valence-electron chi connectivity index (χ2n) is 7.11. The summed E-state index contributed by atoms with van der Waals surface area (Å²) in [5, 5.41) is 21.8. The molecule has 0 atom stereocenters. The summed E-state index contributed by atoms with van der Waals surface area (Å²) in [5.41, 5.74) is 2.64. The van der Waals surface area contributed by atoms with Crippen LogP contribution in [0.2, 0.25) is 0 Å². The Morgan fingerprint density at radius 3 is 2.59 bits per heavy atom. The number of hydrogen-bond acceptors (Lipinski definition) is 9. The zero-order chi connectivity index (χ0) is 21.9.